The molecule has 156 valence electrons. The van der Waals surface area contributed by atoms with Crippen LogP contribution in [0.5, 0.6) is 0 Å². The molecule has 1 aliphatic heterocycles. The highest BCUT2D eigenvalue weighted by Crippen LogP contribution is 2.24. The highest BCUT2D eigenvalue weighted by Gasteiger charge is 2.31. The van der Waals surface area contributed by atoms with Crippen molar-refractivity contribution in [3.63, 3.8) is 0 Å². The summed E-state index contributed by atoms with van der Waals surface area (Å²) in [5.74, 6) is 0.0737. The molecule has 3 rings (SSSR count). The Hall–Kier alpha value is -2.63. The molecule has 0 spiro atoms. The summed E-state index contributed by atoms with van der Waals surface area (Å²) in [5.41, 5.74) is 2.41. The number of aromatic nitrogens is 2. The number of amides is 2. The summed E-state index contributed by atoms with van der Waals surface area (Å²) >= 11 is 0. The maximum absolute atomic E-state index is 13.5. The zero-order valence-corrected chi connectivity index (χ0v) is 17.9. The molecule has 0 saturated heterocycles. The van der Waals surface area contributed by atoms with Gasteiger partial charge in [-0.1, -0.05) is 37.3 Å². The van der Waals surface area contributed by atoms with Gasteiger partial charge in [0.15, 0.2) is 5.82 Å². The third-order valence-corrected chi connectivity index (χ3v) is 5.59. The zero-order chi connectivity index (χ0) is 21.0. The Morgan fingerprint density at radius 2 is 1.90 bits per heavy atom. The average Bonchev–Trinajstić information content (AvgIpc) is 3.12. The number of nitrogens with zero attached hydrogens (tertiary/aromatic N) is 3. The van der Waals surface area contributed by atoms with Crippen LogP contribution in [0.2, 0.25) is 0 Å². The Morgan fingerprint density at radius 3 is 2.55 bits per heavy atom. The van der Waals surface area contributed by atoms with Crippen molar-refractivity contribution >= 4 is 11.8 Å². The van der Waals surface area contributed by atoms with Gasteiger partial charge in [-0.3, -0.25) is 9.59 Å². The SMILES string of the molecule is CCC(C)NC(=O)c1nc(C(=O)N(Cc2ccccc2)C(C)C)c2n1CCCC2. The van der Waals surface area contributed by atoms with E-state index in [1.54, 1.807) is 0 Å². The molecule has 1 N–H and O–H groups in total. The Balaban J connectivity index is 1.93. The first-order chi connectivity index (χ1) is 13.9. The van der Waals surface area contributed by atoms with Crippen molar-refractivity contribution in [2.75, 3.05) is 0 Å². The van der Waals surface area contributed by atoms with Crippen LogP contribution in [0.25, 0.3) is 0 Å². The summed E-state index contributed by atoms with van der Waals surface area (Å²) in [7, 11) is 0. The fourth-order valence-electron chi connectivity index (χ4n) is 3.68. The van der Waals surface area contributed by atoms with Gasteiger partial charge in [0.25, 0.3) is 11.8 Å². The van der Waals surface area contributed by atoms with E-state index in [9.17, 15) is 9.59 Å². The molecule has 2 amide bonds. The molecule has 1 aliphatic rings. The van der Waals surface area contributed by atoms with E-state index in [2.05, 4.69) is 10.3 Å². The van der Waals surface area contributed by atoms with Crippen molar-refractivity contribution in [2.45, 2.75) is 78.6 Å². The summed E-state index contributed by atoms with van der Waals surface area (Å²) in [5, 5.41) is 2.99. The van der Waals surface area contributed by atoms with Gasteiger partial charge in [-0.15, -0.1) is 0 Å². The van der Waals surface area contributed by atoms with Gasteiger partial charge in [0.2, 0.25) is 0 Å². The van der Waals surface area contributed by atoms with Crippen molar-refractivity contribution in [1.29, 1.82) is 0 Å². The van der Waals surface area contributed by atoms with Gasteiger partial charge in [-0.05, 0) is 52.0 Å². The second kappa shape index (κ2) is 9.25. The summed E-state index contributed by atoms with van der Waals surface area (Å²) < 4.78 is 1.95. The van der Waals surface area contributed by atoms with Crippen LogP contribution in [0.4, 0.5) is 0 Å². The van der Waals surface area contributed by atoms with Crippen LogP contribution < -0.4 is 5.32 Å². The van der Waals surface area contributed by atoms with Gasteiger partial charge < -0.3 is 14.8 Å². The van der Waals surface area contributed by atoms with E-state index in [0.717, 1.165) is 43.5 Å². The van der Waals surface area contributed by atoms with Crippen molar-refractivity contribution in [3.8, 4) is 0 Å². The Bertz CT molecular complexity index is 857. The van der Waals surface area contributed by atoms with Gasteiger partial charge in [-0.25, -0.2) is 4.98 Å². The zero-order valence-electron chi connectivity index (χ0n) is 17.9. The molecule has 2 aromatic rings. The van der Waals surface area contributed by atoms with Crippen molar-refractivity contribution < 1.29 is 9.59 Å². The second-order valence-corrected chi connectivity index (χ2v) is 8.13. The number of fused-ring (bicyclic) bond motifs is 1. The lowest BCUT2D eigenvalue weighted by Gasteiger charge is -2.27. The van der Waals surface area contributed by atoms with Gasteiger partial charge in [0, 0.05) is 25.2 Å². The topological polar surface area (TPSA) is 67.2 Å². The minimum atomic E-state index is -0.194. The molecular formula is C23H32N4O2. The lowest BCUT2D eigenvalue weighted by molar-refractivity contribution is 0.0683. The largest absolute Gasteiger partial charge is 0.347 e. The molecule has 0 fully saturated rings. The molecule has 1 aromatic heterocycles. The Labute approximate surface area is 173 Å². The third-order valence-electron chi connectivity index (χ3n) is 5.59. The second-order valence-electron chi connectivity index (χ2n) is 8.13. The Morgan fingerprint density at radius 1 is 1.17 bits per heavy atom. The van der Waals surface area contributed by atoms with Crippen LogP contribution in [0.15, 0.2) is 30.3 Å². The van der Waals surface area contributed by atoms with E-state index < -0.39 is 0 Å². The first kappa shape index (κ1) is 21.1. The summed E-state index contributed by atoms with van der Waals surface area (Å²) in [6.45, 7) is 9.30. The van der Waals surface area contributed by atoms with E-state index in [-0.39, 0.29) is 23.9 Å². The average molecular weight is 397 g/mol. The highest BCUT2D eigenvalue weighted by molar-refractivity contribution is 5.97. The first-order valence-electron chi connectivity index (χ1n) is 10.7. The quantitative estimate of drug-likeness (QED) is 0.774. The van der Waals surface area contributed by atoms with Gasteiger partial charge >= 0.3 is 0 Å². The smallest absolute Gasteiger partial charge is 0.287 e. The van der Waals surface area contributed by atoms with Crippen molar-refractivity contribution in [3.05, 3.63) is 53.1 Å². The molecule has 2 heterocycles. The standard InChI is InChI=1S/C23H32N4O2/c1-5-17(4)24-22(28)21-25-20(19-13-9-10-14-26(19)21)23(29)27(16(2)3)15-18-11-7-6-8-12-18/h6-8,11-12,16-17H,5,9-10,13-15H2,1-4H3,(H,24,28). The maximum atomic E-state index is 13.5. The molecule has 1 unspecified atom stereocenters. The van der Waals surface area contributed by atoms with Crippen molar-refractivity contribution in [2.24, 2.45) is 0 Å². The van der Waals surface area contributed by atoms with Crippen LogP contribution in [-0.4, -0.2) is 38.3 Å². The summed E-state index contributed by atoms with van der Waals surface area (Å²) in [4.78, 5) is 32.7. The number of hydrogen-bond acceptors (Lipinski definition) is 3. The van der Waals surface area contributed by atoms with Gasteiger partial charge in [0.05, 0.1) is 5.69 Å². The maximum Gasteiger partial charge on any atom is 0.287 e. The van der Waals surface area contributed by atoms with Crippen LogP contribution in [-0.2, 0) is 19.5 Å². The minimum Gasteiger partial charge on any atom is -0.347 e. The predicted molar refractivity (Wildman–Crippen MR) is 114 cm³/mol. The molecule has 1 atom stereocenters. The minimum absolute atomic E-state index is 0.0287. The fraction of sp³-hybridized carbons (Fsp3) is 0.522. The number of rotatable bonds is 7. The molecule has 0 saturated carbocycles. The number of hydrogen-bond donors (Lipinski definition) is 1. The number of nitrogens with one attached hydrogen (secondary N) is 1. The van der Waals surface area contributed by atoms with Gasteiger partial charge in [-0.2, -0.15) is 0 Å². The van der Waals surface area contributed by atoms with E-state index in [1.807, 2.05) is 67.5 Å². The summed E-state index contributed by atoms with van der Waals surface area (Å²) in [6.07, 6.45) is 3.64. The van der Waals surface area contributed by atoms with Crippen LogP contribution in [0, 0.1) is 0 Å². The normalized spacial score (nSPS) is 14.4. The molecule has 0 radical (unpaired) electrons. The van der Waals surface area contributed by atoms with Crippen LogP contribution in [0.1, 0.15) is 79.3 Å². The molecule has 1 aromatic carbocycles. The number of imidazole rings is 1. The molecule has 29 heavy (non-hydrogen) atoms. The van der Waals surface area contributed by atoms with Crippen molar-refractivity contribution in [1.82, 2.24) is 19.8 Å². The van der Waals surface area contributed by atoms with E-state index in [0.29, 0.717) is 18.1 Å². The fourth-order valence-corrected chi connectivity index (χ4v) is 3.68. The van der Waals surface area contributed by atoms with E-state index >= 15 is 0 Å². The van der Waals surface area contributed by atoms with E-state index in [1.165, 1.54) is 0 Å². The highest BCUT2D eigenvalue weighted by atomic mass is 16.2. The number of carbonyl (C=O) groups is 2. The molecular weight excluding hydrogens is 364 g/mol. The molecule has 6 heteroatoms. The molecule has 0 aliphatic carbocycles. The molecule has 6 nitrogen and oxygen atoms in total. The Kier molecular flexibility index (Phi) is 6.72. The summed E-state index contributed by atoms with van der Waals surface area (Å²) in [6, 6.07) is 10.1. The first-order valence-corrected chi connectivity index (χ1v) is 10.7. The number of carbonyl (C=O) groups excluding carboxylic acids is 2. The predicted octanol–water partition coefficient (Wildman–Crippen LogP) is 3.80. The monoisotopic (exact) mass is 396 g/mol. The number of benzene rings is 1. The van der Waals surface area contributed by atoms with E-state index in [4.69, 9.17) is 0 Å². The lowest BCUT2D eigenvalue weighted by atomic mass is 10.1. The lowest BCUT2D eigenvalue weighted by Crippen LogP contribution is -2.37. The van der Waals surface area contributed by atoms with Gasteiger partial charge in [0.1, 0.15) is 5.69 Å². The third kappa shape index (κ3) is 4.69. The van der Waals surface area contributed by atoms with Crippen LogP contribution >= 0.6 is 0 Å². The molecule has 0 bridgehead atoms. The van der Waals surface area contributed by atoms with Crippen LogP contribution in [0.3, 0.4) is 0 Å².